The first-order chi connectivity index (χ1) is 8.81. The minimum absolute atomic E-state index is 0.459. The highest BCUT2D eigenvalue weighted by Crippen LogP contribution is 2.25. The van der Waals surface area contributed by atoms with Crippen molar-refractivity contribution >= 4 is 0 Å². The van der Waals surface area contributed by atoms with Crippen molar-refractivity contribution in [1.82, 2.24) is 4.90 Å². The van der Waals surface area contributed by atoms with Crippen molar-refractivity contribution < 1.29 is 9.84 Å². The number of aliphatic hydroxyl groups excluding tert-OH is 1. The quantitative estimate of drug-likeness (QED) is 0.890. The Labute approximate surface area is 109 Å². The molecule has 1 saturated heterocycles. The van der Waals surface area contributed by atoms with Gasteiger partial charge in [-0.1, -0.05) is 31.0 Å². The van der Waals surface area contributed by atoms with Gasteiger partial charge in [0.1, 0.15) is 5.75 Å². The zero-order valence-electron chi connectivity index (χ0n) is 11.1. The fourth-order valence-corrected chi connectivity index (χ4v) is 2.60. The van der Waals surface area contributed by atoms with Crippen molar-refractivity contribution in [2.24, 2.45) is 0 Å². The number of aliphatic hydroxyl groups is 1. The van der Waals surface area contributed by atoms with Crippen LogP contribution < -0.4 is 4.74 Å². The van der Waals surface area contributed by atoms with Crippen LogP contribution >= 0.6 is 0 Å². The summed E-state index contributed by atoms with van der Waals surface area (Å²) >= 11 is 0. The van der Waals surface area contributed by atoms with Gasteiger partial charge in [0, 0.05) is 12.1 Å². The normalized spacial score (nSPS) is 19.2. The molecular formula is C15H23NO2. The van der Waals surface area contributed by atoms with Gasteiger partial charge in [-0.05, 0) is 32.0 Å². The lowest BCUT2D eigenvalue weighted by Gasteiger charge is -2.24. The number of benzene rings is 1. The van der Waals surface area contributed by atoms with E-state index in [1.165, 1.54) is 25.7 Å². The number of likely N-dealkylation sites (tertiary alicyclic amines) is 1. The van der Waals surface area contributed by atoms with E-state index in [9.17, 15) is 5.11 Å². The third-order valence-electron chi connectivity index (χ3n) is 3.63. The van der Waals surface area contributed by atoms with E-state index in [1.54, 1.807) is 7.11 Å². The topological polar surface area (TPSA) is 32.7 Å². The second-order valence-corrected chi connectivity index (χ2v) is 4.97. The smallest absolute Gasteiger partial charge is 0.124 e. The fraction of sp³-hybridized carbons (Fsp3) is 0.600. The molecule has 0 aromatic heterocycles. The monoisotopic (exact) mass is 249 g/mol. The Bertz CT molecular complexity index is 359. The molecule has 1 atom stereocenters. The first-order valence-corrected chi connectivity index (χ1v) is 6.84. The average molecular weight is 249 g/mol. The lowest BCUT2D eigenvalue weighted by atomic mass is 10.1. The third-order valence-corrected chi connectivity index (χ3v) is 3.63. The molecule has 0 spiro atoms. The Morgan fingerprint density at radius 2 is 1.83 bits per heavy atom. The Kier molecular flexibility index (Phi) is 5.02. The van der Waals surface area contributed by atoms with Crippen molar-refractivity contribution in [2.75, 3.05) is 26.7 Å². The molecule has 3 heteroatoms. The molecule has 1 unspecified atom stereocenters. The van der Waals surface area contributed by atoms with E-state index in [-0.39, 0.29) is 0 Å². The lowest BCUT2D eigenvalue weighted by Crippen LogP contribution is -2.29. The predicted octanol–water partition coefficient (Wildman–Crippen LogP) is 2.60. The first kappa shape index (κ1) is 13.4. The Balaban J connectivity index is 1.99. The molecule has 0 amide bonds. The van der Waals surface area contributed by atoms with Gasteiger partial charge in [0.15, 0.2) is 0 Å². The number of rotatable bonds is 4. The van der Waals surface area contributed by atoms with Crippen LogP contribution in [0, 0.1) is 0 Å². The van der Waals surface area contributed by atoms with Crippen LogP contribution in [0.2, 0.25) is 0 Å². The molecule has 1 fully saturated rings. The molecule has 1 aromatic rings. The highest BCUT2D eigenvalue weighted by Gasteiger charge is 2.17. The number of para-hydroxylation sites is 1. The SMILES string of the molecule is COc1ccccc1C(O)CN1CCCCCC1. The van der Waals surface area contributed by atoms with E-state index in [2.05, 4.69) is 4.90 Å². The number of β-amino-alcohol motifs (C(OH)–C–C–N with tert-alkyl or cyclic N) is 1. The number of ether oxygens (including phenoxy) is 1. The van der Waals surface area contributed by atoms with Gasteiger partial charge in [-0.15, -0.1) is 0 Å². The van der Waals surface area contributed by atoms with Crippen LogP contribution in [-0.4, -0.2) is 36.8 Å². The number of nitrogens with zero attached hydrogens (tertiary/aromatic N) is 1. The van der Waals surface area contributed by atoms with E-state index in [0.717, 1.165) is 24.4 Å². The predicted molar refractivity (Wildman–Crippen MR) is 72.9 cm³/mol. The fourth-order valence-electron chi connectivity index (χ4n) is 2.60. The van der Waals surface area contributed by atoms with Crippen molar-refractivity contribution in [3.8, 4) is 5.75 Å². The summed E-state index contributed by atoms with van der Waals surface area (Å²) in [4.78, 5) is 2.37. The number of methoxy groups -OCH3 is 1. The van der Waals surface area contributed by atoms with E-state index in [4.69, 9.17) is 4.74 Å². The molecule has 1 aliphatic heterocycles. The number of hydrogen-bond donors (Lipinski definition) is 1. The summed E-state index contributed by atoms with van der Waals surface area (Å²) in [5, 5.41) is 10.4. The van der Waals surface area contributed by atoms with Crippen molar-refractivity contribution in [3.05, 3.63) is 29.8 Å². The van der Waals surface area contributed by atoms with Crippen LogP contribution in [0.15, 0.2) is 24.3 Å². The average Bonchev–Trinajstić information content (AvgIpc) is 2.67. The van der Waals surface area contributed by atoms with Crippen LogP contribution in [0.1, 0.15) is 37.4 Å². The summed E-state index contributed by atoms with van der Waals surface area (Å²) in [6, 6.07) is 7.73. The van der Waals surface area contributed by atoms with Gasteiger partial charge in [0.25, 0.3) is 0 Å². The van der Waals surface area contributed by atoms with Gasteiger partial charge in [0.2, 0.25) is 0 Å². The molecule has 0 aliphatic carbocycles. The van der Waals surface area contributed by atoms with Crippen molar-refractivity contribution in [2.45, 2.75) is 31.8 Å². The zero-order valence-corrected chi connectivity index (χ0v) is 11.1. The van der Waals surface area contributed by atoms with Crippen LogP contribution in [0.4, 0.5) is 0 Å². The molecule has 1 heterocycles. The molecule has 0 radical (unpaired) electrons. The first-order valence-electron chi connectivity index (χ1n) is 6.84. The summed E-state index contributed by atoms with van der Waals surface area (Å²) < 4.78 is 5.30. The van der Waals surface area contributed by atoms with Crippen LogP contribution in [-0.2, 0) is 0 Å². The molecule has 18 heavy (non-hydrogen) atoms. The maximum atomic E-state index is 10.4. The van der Waals surface area contributed by atoms with Gasteiger partial charge in [-0.2, -0.15) is 0 Å². The highest BCUT2D eigenvalue weighted by molar-refractivity contribution is 5.35. The Morgan fingerprint density at radius 3 is 2.50 bits per heavy atom. The maximum Gasteiger partial charge on any atom is 0.124 e. The lowest BCUT2D eigenvalue weighted by molar-refractivity contribution is 0.112. The van der Waals surface area contributed by atoms with E-state index in [0.29, 0.717) is 6.54 Å². The molecule has 1 N–H and O–H groups in total. The minimum atomic E-state index is -0.459. The van der Waals surface area contributed by atoms with Crippen LogP contribution in [0.3, 0.4) is 0 Å². The van der Waals surface area contributed by atoms with Gasteiger partial charge >= 0.3 is 0 Å². The van der Waals surface area contributed by atoms with Gasteiger partial charge < -0.3 is 14.7 Å². The van der Waals surface area contributed by atoms with Crippen LogP contribution in [0.5, 0.6) is 5.75 Å². The summed E-state index contributed by atoms with van der Waals surface area (Å²) in [6.07, 6.45) is 4.68. The number of hydrogen-bond acceptors (Lipinski definition) is 3. The zero-order chi connectivity index (χ0) is 12.8. The summed E-state index contributed by atoms with van der Waals surface area (Å²) in [6.45, 7) is 2.92. The molecular weight excluding hydrogens is 226 g/mol. The molecule has 2 rings (SSSR count). The van der Waals surface area contributed by atoms with Gasteiger partial charge in [-0.3, -0.25) is 0 Å². The van der Waals surface area contributed by atoms with Gasteiger partial charge in [-0.25, -0.2) is 0 Å². The second-order valence-electron chi connectivity index (χ2n) is 4.97. The molecule has 0 bridgehead atoms. The molecule has 1 aromatic carbocycles. The Hall–Kier alpha value is -1.06. The second kappa shape index (κ2) is 6.76. The molecule has 100 valence electrons. The summed E-state index contributed by atoms with van der Waals surface area (Å²) in [5.74, 6) is 0.778. The minimum Gasteiger partial charge on any atom is -0.496 e. The molecule has 3 nitrogen and oxygen atoms in total. The third kappa shape index (κ3) is 3.47. The van der Waals surface area contributed by atoms with Crippen LogP contribution in [0.25, 0.3) is 0 Å². The van der Waals surface area contributed by atoms with E-state index < -0.39 is 6.10 Å². The van der Waals surface area contributed by atoms with Crippen molar-refractivity contribution in [1.29, 1.82) is 0 Å². The standard InChI is InChI=1S/C15H23NO2/c1-18-15-9-5-4-8-13(15)14(17)12-16-10-6-2-3-7-11-16/h4-5,8-9,14,17H,2-3,6-7,10-12H2,1H3. The van der Waals surface area contributed by atoms with Crippen molar-refractivity contribution in [3.63, 3.8) is 0 Å². The largest absolute Gasteiger partial charge is 0.496 e. The maximum absolute atomic E-state index is 10.4. The summed E-state index contributed by atoms with van der Waals surface area (Å²) in [5.41, 5.74) is 0.893. The van der Waals surface area contributed by atoms with E-state index >= 15 is 0 Å². The highest BCUT2D eigenvalue weighted by atomic mass is 16.5. The molecule has 1 aliphatic rings. The molecule has 0 saturated carbocycles. The van der Waals surface area contributed by atoms with E-state index in [1.807, 2.05) is 24.3 Å². The summed E-state index contributed by atoms with van der Waals surface area (Å²) in [7, 11) is 1.65. The Morgan fingerprint density at radius 1 is 1.17 bits per heavy atom. The van der Waals surface area contributed by atoms with Gasteiger partial charge in [0.05, 0.1) is 13.2 Å².